The monoisotopic (exact) mass is 217 g/mol. The largest absolute Gasteiger partial charge is 0.372 e. The minimum atomic E-state index is 0.126. The van der Waals surface area contributed by atoms with E-state index in [1.165, 1.54) is 16.6 Å². The SMILES string of the molecule is NCCC1OCCc2c1[nH]c1ccncc21. The molecule has 1 aliphatic heterocycles. The molecule has 2 aromatic heterocycles. The number of nitrogens with two attached hydrogens (primary N) is 1. The fourth-order valence-corrected chi connectivity index (χ4v) is 2.42. The van der Waals surface area contributed by atoms with Gasteiger partial charge in [0.1, 0.15) is 0 Å². The Labute approximate surface area is 93.8 Å². The Morgan fingerprint density at radius 1 is 1.56 bits per heavy atom. The maximum absolute atomic E-state index is 5.74. The molecule has 1 unspecified atom stereocenters. The van der Waals surface area contributed by atoms with E-state index in [2.05, 4.69) is 9.97 Å². The molecule has 1 atom stereocenters. The van der Waals surface area contributed by atoms with Crippen molar-refractivity contribution in [2.45, 2.75) is 18.9 Å². The van der Waals surface area contributed by atoms with Crippen LogP contribution in [0.25, 0.3) is 10.9 Å². The van der Waals surface area contributed by atoms with Crippen LogP contribution in [0.5, 0.6) is 0 Å². The van der Waals surface area contributed by atoms with E-state index in [0.717, 1.165) is 25.0 Å². The lowest BCUT2D eigenvalue weighted by Gasteiger charge is -2.22. The van der Waals surface area contributed by atoms with Crippen LogP contribution < -0.4 is 5.73 Å². The van der Waals surface area contributed by atoms with Crippen molar-refractivity contribution >= 4 is 10.9 Å². The third-order valence-electron chi connectivity index (χ3n) is 3.16. The van der Waals surface area contributed by atoms with Gasteiger partial charge in [-0.2, -0.15) is 0 Å². The van der Waals surface area contributed by atoms with Gasteiger partial charge in [0.15, 0.2) is 0 Å². The van der Waals surface area contributed by atoms with E-state index >= 15 is 0 Å². The molecule has 0 aromatic carbocycles. The van der Waals surface area contributed by atoms with Crippen LogP contribution in [-0.4, -0.2) is 23.1 Å². The van der Waals surface area contributed by atoms with Crippen molar-refractivity contribution in [2.24, 2.45) is 5.73 Å². The molecule has 1 aliphatic rings. The summed E-state index contributed by atoms with van der Waals surface area (Å²) in [7, 11) is 0. The summed E-state index contributed by atoms with van der Waals surface area (Å²) in [6.07, 6.45) is 5.69. The highest BCUT2D eigenvalue weighted by atomic mass is 16.5. The van der Waals surface area contributed by atoms with Crippen LogP contribution in [0.4, 0.5) is 0 Å². The molecule has 3 N–H and O–H groups in total. The highest BCUT2D eigenvalue weighted by Crippen LogP contribution is 2.33. The average molecular weight is 217 g/mol. The van der Waals surface area contributed by atoms with Gasteiger partial charge >= 0.3 is 0 Å². The van der Waals surface area contributed by atoms with Crippen LogP contribution >= 0.6 is 0 Å². The van der Waals surface area contributed by atoms with E-state index in [-0.39, 0.29) is 6.10 Å². The molecule has 0 saturated carbocycles. The van der Waals surface area contributed by atoms with Crippen molar-refractivity contribution in [2.75, 3.05) is 13.2 Å². The van der Waals surface area contributed by atoms with Gasteiger partial charge in [-0.3, -0.25) is 4.98 Å². The summed E-state index contributed by atoms with van der Waals surface area (Å²) in [5, 5.41) is 1.22. The molecule has 16 heavy (non-hydrogen) atoms. The first kappa shape index (κ1) is 9.81. The number of H-pyrrole nitrogens is 1. The van der Waals surface area contributed by atoms with Crippen LogP contribution in [0.1, 0.15) is 23.8 Å². The zero-order valence-corrected chi connectivity index (χ0v) is 9.07. The molecule has 0 aliphatic carbocycles. The molecule has 3 rings (SSSR count). The lowest BCUT2D eigenvalue weighted by Crippen LogP contribution is -2.18. The van der Waals surface area contributed by atoms with Crippen LogP contribution in [0.15, 0.2) is 18.5 Å². The normalized spacial score (nSPS) is 19.9. The third-order valence-corrected chi connectivity index (χ3v) is 3.16. The van der Waals surface area contributed by atoms with Crippen molar-refractivity contribution in [3.63, 3.8) is 0 Å². The van der Waals surface area contributed by atoms with Gasteiger partial charge in [0.05, 0.1) is 12.7 Å². The van der Waals surface area contributed by atoms with Crippen LogP contribution in [-0.2, 0) is 11.2 Å². The number of nitrogens with zero attached hydrogens (tertiary/aromatic N) is 1. The van der Waals surface area contributed by atoms with Crippen molar-refractivity contribution < 1.29 is 4.74 Å². The molecule has 4 nitrogen and oxygen atoms in total. The van der Waals surface area contributed by atoms with Gasteiger partial charge in [-0.05, 0) is 31.0 Å². The van der Waals surface area contributed by atoms with E-state index in [9.17, 15) is 0 Å². The summed E-state index contributed by atoms with van der Waals surface area (Å²) < 4.78 is 5.74. The lowest BCUT2D eigenvalue weighted by molar-refractivity contribution is 0.0360. The number of nitrogens with one attached hydrogen (secondary N) is 1. The molecule has 0 radical (unpaired) electrons. The Morgan fingerprint density at radius 3 is 3.38 bits per heavy atom. The molecule has 0 spiro atoms. The summed E-state index contributed by atoms with van der Waals surface area (Å²) >= 11 is 0. The first-order chi connectivity index (χ1) is 7.90. The fraction of sp³-hybridized carbons (Fsp3) is 0.417. The van der Waals surface area contributed by atoms with Gasteiger partial charge < -0.3 is 15.5 Å². The van der Waals surface area contributed by atoms with E-state index in [4.69, 9.17) is 10.5 Å². The maximum atomic E-state index is 5.74. The van der Waals surface area contributed by atoms with Crippen LogP contribution in [0, 0.1) is 0 Å². The molecule has 84 valence electrons. The molecule has 0 bridgehead atoms. The zero-order chi connectivity index (χ0) is 11.0. The van der Waals surface area contributed by atoms with Gasteiger partial charge in [0, 0.05) is 29.0 Å². The predicted octanol–water partition coefficient (Wildman–Crippen LogP) is 1.53. The second-order valence-corrected chi connectivity index (χ2v) is 4.13. The van der Waals surface area contributed by atoms with E-state index in [0.29, 0.717) is 6.54 Å². The fourth-order valence-electron chi connectivity index (χ4n) is 2.42. The zero-order valence-electron chi connectivity index (χ0n) is 9.07. The quantitative estimate of drug-likeness (QED) is 0.801. The van der Waals surface area contributed by atoms with Crippen molar-refractivity contribution in [1.82, 2.24) is 9.97 Å². The van der Waals surface area contributed by atoms with Gasteiger partial charge in [-0.25, -0.2) is 0 Å². The van der Waals surface area contributed by atoms with E-state index < -0.39 is 0 Å². The first-order valence-electron chi connectivity index (χ1n) is 5.66. The minimum Gasteiger partial charge on any atom is -0.372 e. The Balaban J connectivity index is 2.13. The highest BCUT2D eigenvalue weighted by Gasteiger charge is 2.24. The topological polar surface area (TPSA) is 63.9 Å². The predicted molar refractivity (Wildman–Crippen MR) is 62.2 cm³/mol. The lowest BCUT2D eigenvalue weighted by atomic mass is 10.0. The second kappa shape index (κ2) is 3.88. The molecular formula is C12H15N3O. The molecular weight excluding hydrogens is 202 g/mol. The van der Waals surface area contributed by atoms with Crippen molar-refractivity contribution in [1.29, 1.82) is 0 Å². The number of ether oxygens (including phenoxy) is 1. The van der Waals surface area contributed by atoms with Gasteiger partial charge in [-0.1, -0.05) is 0 Å². The Bertz CT molecular complexity index is 506. The van der Waals surface area contributed by atoms with E-state index in [1.807, 2.05) is 18.5 Å². The van der Waals surface area contributed by atoms with E-state index in [1.54, 1.807) is 0 Å². The second-order valence-electron chi connectivity index (χ2n) is 4.13. The summed E-state index contributed by atoms with van der Waals surface area (Å²) in [6.45, 7) is 1.43. The summed E-state index contributed by atoms with van der Waals surface area (Å²) in [5.41, 5.74) is 9.30. The minimum absolute atomic E-state index is 0.126. The maximum Gasteiger partial charge on any atom is 0.0987 e. The molecule has 3 heterocycles. The van der Waals surface area contributed by atoms with Crippen molar-refractivity contribution in [3.8, 4) is 0 Å². The van der Waals surface area contributed by atoms with Gasteiger partial charge in [0.2, 0.25) is 0 Å². The molecule has 0 amide bonds. The van der Waals surface area contributed by atoms with Gasteiger partial charge in [-0.15, -0.1) is 0 Å². The molecule has 4 heteroatoms. The Morgan fingerprint density at radius 2 is 2.50 bits per heavy atom. The van der Waals surface area contributed by atoms with Crippen LogP contribution in [0.3, 0.4) is 0 Å². The number of pyridine rings is 1. The first-order valence-corrected chi connectivity index (χ1v) is 5.66. The summed E-state index contributed by atoms with van der Waals surface area (Å²) in [6, 6.07) is 2.01. The van der Waals surface area contributed by atoms with Crippen molar-refractivity contribution in [3.05, 3.63) is 29.7 Å². The molecule has 0 fully saturated rings. The Kier molecular flexibility index (Phi) is 2.38. The third kappa shape index (κ3) is 1.42. The average Bonchev–Trinajstić information content (AvgIpc) is 2.69. The molecule has 0 saturated heterocycles. The standard InChI is InChI=1S/C12H15N3O/c13-4-1-11-12-8(3-6-16-11)9-7-14-5-2-10(9)15-12/h2,5,7,11,15H,1,3-4,6,13H2. The number of hydrogen-bond acceptors (Lipinski definition) is 3. The summed E-state index contributed by atoms with van der Waals surface area (Å²) in [4.78, 5) is 7.61. The Hall–Kier alpha value is -1.39. The van der Waals surface area contributed by atoms with Crippen LogP contribution in [0.2, 0.25) is 0 Å². The number of hydrogen-bond donors (Lipinski definition) is 2. The number of fused-ring (bicyclic) bond motifs is 3. The smallest absolute Gasteiger partial charge is 0.0987 e. The molecule has 2 aromatic rings. The summed E-state index contributed by atoms with van der Waals surface area (Å²) in [5.74, 6) is 0. The number of aromatic nitrogens is 2. The number of aromatic amines is 1. The highest BCUT2D eigenvalue weighted by molar-refractivity contribution is 5.84. The van der Waals surface area contributed by atoms with Gasteiger partial charge in [0.25, 0.3) is 0 Å². The number of rotatable bonds is 2.